The molecule has 1 aromatic carbocycles. The van der Waals surface area contributed by atoms with E-state index in [0.29, 0.717) is 13.1 Å². The van der Waals surface area contributed by atoms with Crippen LogP contribution in [0.5, 0.6) is 0 Å². The van der Waals surface area contributed by atoms with E-state index in [2.05, 4.69) is 11.4 Å². The quantitative estimate of drug-likeness (QED) is 0.795. The standard InChI is InChI=1S/C25H34N4O3/c1-25(2,3)23(31)27-15-13-18(14-16-27)26-22(30)17-28-20-11-7-8-12-21(20)29(24(28)32)19-9-5-4-6-10-19/h7-9,11-12,18H,4-6,10,13-17H2,1-3H3,(H,26,30). The lowest BCUT2D eigenvalue weighted by molar-refractivity contribution is -0.140. The highest BCUT2D eigenvalue weighted by Gasteiger charge is 2.31. The van der Waals surface area contributed by atoms with E-state index < -0.39 is 0 Å². The number of nitrogens with one attached hydrogen (secondary N) is 1. The molecular weight excluding hydrogens is 404 g/mol. The Morgan fingerprint density at radius 1 is 1.06 bits per heavy atom. The Hall–Kier alpha value is -2.83. The van der Waals surface area contributed by atoms with Gasteiger partial charge in [0.05, 0.1) is 11.0 Å². The van der Waals surface area contributed by atoms with Crippen LogP contribution < -0.4 is 11.0 Å². The molecule has 7 heteroatoms. The number of hydrogen-bond acceptors (Lipinski definition) is 3. The zero-order valence-electron chi connectivity index (χ0n) is 19.4. The van der Waals surface area contributed by atoms with Gasteiger partial charge in [0.15, 0.2) is 0 Å². The lowest BCUT2D eigenvalue weighted by Gasteiger charge is -2.36. The molecule has 172 valence electrons. The molecule has 0 unspecified atom stereocenters. The minimum Gasteiger partial charge on any atom is -0.352 e. The van der Waals surface area contributed by atoms with Gasteiger partial charge in [-0.2, -0.15) is 0 Å². The fourth-order valence-corrected chi connectivity index (χ4v) is 4.78. The van der Waals surface area contributed by atoms with Crippen molar-refractivity contribution in [3.05, 3.63) is 40.8 Å². The SMILES string of the molecule is CC(C)(C)C(=O)N1CCC(NC(=O)Cn2c(=O)n(C3=CCCCC3)c3ccccc32)CC1. The van der Waals surface area contributed by atoms with Crippen LogP contribution in [0.2, 0.25) is 0 Å². The van der Waals surface area contributed by atoms with Crippen molar-refractivity contribution >= 4 is 28.5 Å². The number of carbonyl (C=O) groups excluding carboxylic acids is 2. The number of rotatable bonds is 4. The van der Waals surface area contributed by atoms with Gasteiger partial charge in [0.25, 0.3) is 0 Å². The average molecular weight is 439 g/mol. The molecule has 4 rings (SSSR count). The molecule has 2 heterocycles. The number of carbonyl (C=O) groups is 2. The van der Waals surface area contributed by atoms with E-state index in [9.17, 15) is 14.4 Å². The van der Waals surface area contributed by atoms with Crippen LogP contribution in [0.3, 0.4) is 0 Å². The lowest BCUT2D eigenvalue weighted by Crippen LogP contribution is -2.49. The van der Waals surface area contributed by atoms with Gasteiger partial charge in [-0.3, -0.25) is 18.7 Å². The Labute approximate surface area is 189 Å². The van der Waals surface area contributed by atoms with E-state index in [1.54, 1.807) is 9.13 Å². The monoisotopic (exact) mass is 438 g/mol. The zero-order chi connectivity index (χ0) is 22.9. The zero-order valence-corrected chi connectivity index (χ0v) is 19.4. The Balaban J connectivity index is 1.46. The van der Waals surface area contributed by atoms with Crippen molar-refractivity contribution < 1.29 is 9.59 Å². The minimum atomic E-state index is -0.390. The number of imidazole rings is 1. The van der Waals surface area contributed by atoms with Gasteiger partial charge in [-0.05, 0) is 50.7 Å². The number of fused-ring (bicyclic) bond motifs is 1. The van der Waals surface area contributed by atoms with Gasteiger partial charge in [0.2, 0.25) is 11.8 Å². The smallest absolute Gasteiger partial charge is 0.333 e. The topological polar surface area (TPSA) is 76.3 Å². The van der Waals surface area contributed by atoms with Crippen molar-refractivity contribution in [2.45, 2.75) is 71.9 Å². The first kappa shape index (κ1) is 22.4. The molecule has 1 fully saturated rings. The summed E-state index contributed by atoms with van der Waals surface area (Å²) in [6.45, 7) is 7.09. The van der Waals surface area contributed by atoms with Crippen molar-refractivity contribution in [2.24, 2.45) is 5.41 Å². The second-order valence-electron chi connectivity index (χ2n) is 10.0. The molecule has 1 saturated heterocycles. The summed E-state index contributed by atoms with van der Waals surface area (Å²) < 4.78 is 3.36. The van der Waals surface area contributed by atoms with Gasteiger partial charge < -0.3 is 10.2 Å². The Kier molecular flexibility index (Phi) is 6.26. The van der Waals surface area contributed by atoms with Crippen molar-refractivity contribution in [3.8, 4) is 0 Å². The van der Waals surface area contributed by atoms with Crippen LogP contribution in [0, 0.1) is 5.41 Å². The number of piperidine rings is 1. The van der Waals surface area contributed by atoms with Crippen molar-refractivity contribution in [1.29, 1.82) is 0 Å². The van der Waals surface area contributed by atoms with Gasteiger partial charge in [0, 0.05) is 30.2 Å². The number of amides is 2. The van der Waals surface area contributed by atoms with E-state index in [1.165, 1.54) is 0 Å². The maximum absolute atomic E-state index is 13.3. The summed E-state index contributed by atoms with van der Waals surface area (Å²) in [5.74, 6) is -0.00752. The number of para-hydroxylation sites is 2. The van der Waals surface area contributed by atoms with Crippen LogP contribution in [0.25, 0.3) is 16.7 Å². The third kappa shape index (κ3) is 4.52. The fraction of sp³-hybridized carbons (Fsp3) is 0.560. The van der Waals surface area contributed by atoms with Crippen molar-refractivity contribution in [2.75, 3.05) is 13.1 Å². The summed E-state index contributed by atoms with van der Waals surface area (Å²) in [4.78, 5) is 40.5. The average Bonchev–Trinajstić information content (AvgIpc) is 3.05. The van der Waals surface area contributed by atoms with Crippen molar-refractivity contribution in [1.82, 2.24) is 19.4 Å². The van der Waals surface area contributed by atoms with Crippen LogP contribution in [0.1, 0.15) is 59.3 Å². The molecule has 0 spiro atoms. The molecule has 7 nitrogen and oxygen atoms in total. The molecule has 0 saturated carbocycles. The van der Waals surface area contributed by atoms with Crippen LogP contribution >= 0.6 is 0 Å². The summed E-state index contributed by atoms with van der Waals surface area (Å²) in [6, 6.07) is 7.70. The molecule has 0 radical (unpaired) electrons. The molecule has 2 aromatic rings. The number of nitrogens with zero attached hydrogens (tertiary/aromatic N) is 3. The highest BCUT2D eigenvalue weighted by molar-refractivity contribution is 5.83. The van der Waals surface area contributed by atoms with Crippen LogP contribution in [0.4, 0.5) is 0 Å². The number of benzene rings is 1. The number of aromatic nitrogens is 2. The minimum absolute atomic E-state index is 0.000757. The summed E-state index contributed by atoms with van der Waals surface area (Å²) >= 11 is 0. The first-order valence-electron chi connectivity index (χ1n) is 11.7. The third-order valence-electron chi connectivity index (χ3n) is 6.48. The Bertz CT molecular complexity index is 1090. The third-order valence-corrected chi connectivity index (χ3v) is 6.48. The molecule has 1 aromatic heterocycles. The number of allylic oxidation sites excluding steroid dienone is 2. The Morgan fingerprint density at radius 2 is 1.75 bits per heavy atom. The predicted molar refractivity (Wildman–Crippen MR) is 126 cm³/mol. The number of likely N-dealkylation sites (tertiary alicyclic amines) is 1. The normalized spacial score (nSPS) is 18.0. The summed E-state index contributed by atoms with van der Waals surface area (Å²) in [5.41, 5.74) is 2.13. The summed E-state index contributed by atoms with van der Waals surface area (Å²) in [5, 5.41) is 3.09. The first-order chi connectivity index (χ1) is 15.3. The van der Waals surface area contributed by atoms with Gasteiger partial charge in [-0.15, -0.1) is 0 Å². The fourth-order valence-electron chi connectivity index (χ4n) is 4.78. The van der Waals surface area contributed by atoms with E-state index in [-0.39, 0.29) is 35.5 Å². The van der Waals surface area contributed by atoms with E-state index >= 15 is 0 Å². The number of hydrogen-bond donors (Lipinski definition) is 1. The molecule has 2 aliphatic rings. The van der Waals surface area contributed by atoms with Crippen molar-refractivity contribution in [3.63, 3.8) is 0 Å². The first-order valence-corrected chi connectivity index (χ1v) is 11.7. The summed E-state index contributed by atoms with van der Waals surface area (Å²) in [6.07, 6.45) is 7.71. The van der Waals surface area contributed by atoms with Gasteiger partial charge in [-0.25, -0.2) is 4.79 Å². The molecule has 1 aliphatic heterocycles. The molecule has 2 amide bonds. The van der Waals surface area contributed by atoms with E-state index in [4.69, 9.17) is 0 Å². The maximum Gasteiger partial charge on any atom is 0.333 e. The lowest BCUT2D eigenvalue weighted by atomic mass is 9.93. The highest BCUT2D eigenvalue weighted by Crippen LogP contribution is 2.25. The van der Waals surface area contributed by atoms with Crippen LogP contribution in [-0.4, -0.2) is 45.0 Å². The maximum atomic E-state index is 13.3. The van der Waals surface area contributed by atoms with Crippen LogP contribution in [-0.2, 0) is 16.1 Å². The molecule has 32 heavy (non-hydrogen) atoms. The van der Waals surface area contributed by atoms with E-state index in [1.807, 2.05) is 49.9 Å². The molecule has 1 aliphatic carbocycles. The highest BCUT2D eigenvalue weighted by atomic mass is 16.2. The van der Waals surface area contributed by atoms with Gasteiger partial charge in [-0.1, -0.05) is 39.0 Å². The second-order valence-corrected chi connectivity index (χ2v) is 10.0. The second kappa shape index (κ2) is 8.96. The van der Waals surface area contributed by atoms with Gasteiger partial charge >= 0.3 is 5.69 Å². The summed E-state index contributed by atoms with van der Waals surface area (Å²) in [7, 11) is 0. The molecule has 1 N–H and O–H groups in total. The molecule has 0 bridgehead atoms. The Morgan fingerprint density at radius 3 is 2.38 bits per heavy atom. The largest absolute Gasteiger partial charge is 0.352 e. The van der Waals surface area contributed by atoms with E-state index in [0.717, 1.165) is 55.3 Å². The predicted octanol–water partition coefficient (Wildman–Crippen LogP) is 3.37. The van der Waals surface area contributed by atoms with Gasteiger partial charge in [0.1, 0.15) is 6.54 Å². The van der Waals surface area contributed by atoms with Crippen LogP contribution in [0.15, 0.2) is 35.1 Å². The molecular formula is C25H34N4O3. The molecule has 0 atom stereocenters.